The molecule has 5 nitrogen and oxygen atoms in total. The summed E-state index contributed by atoms with van der Waals surface area (Å²) in [5.41, 5.74) is 5.90. The molecule has 0 aliphatic rings. The summed E-state index contributed by atoms with van der Waals surface area (Å²) in [6.45, 7) is 6.37. The lowest BCUT2D eigenvalue weighted by atomic mass is 9.99. The highest BCUT2D eigenvalue weighted by Gasteiger charge is 2.21. The van der Waals surface area contributed by atoms with E-state index in [9.17, 15) is 9.59 Å². The summed E-state index contributed by atoms with van der Waals surface area (Å²) in [4.78, 5) is 34.2. The standard InChI is InChI=1S/C27H28BrN3O2/c1-16(2)23-14-29-25-21(23)12-20(28)13-22(25)27(33)31(4)15-24-19(10-17(3)30-26(24)32)11-18-8-6-5-7-9-18/h5-10,12-14,16,29H,11,15H2,1-4H3,(H,30,32). The molecule has 2 aromatic heterocycles. The molecule has 0 fully saturated rings. The molecule has 0 aliphatic heterocycles. The van der Waals surface area contributed by atoms with E-state index in [0.717, 1.165) is 32.2 Å². The molecule has 6 heteroatoms. The van der Waals surface area contributed by atoms with Crippen LogP contribution >= 0.6 is 15.9 Å². The molecule has 0 saturated carbocycles. The summed E-state index contributed by atoms with van der Waals surface area (Å²) < 4.78 is 0.853. The average Bonchev–Trinajstić information content (AvgIpc) is 3.19. The Morgan fingerprint density at radius 1 is 1.12 bits per heavy atom. The molecule has 2 N–H and O–H groups in total. The van der Waals surface area contributed by atoms with E-state index in [0.29, 0.717) is 23.5 Å². The van der Waals surface area contributed by atoms with Crippen molar-refractivity contribution < 1.29 is 4.79 Å². The number of rotatable bonds is 6. The van der Waals surface area contributed by atoms with Gasteiger partial charge in [-0.25, -0.2) is 0 Å². The van der Waals surface area contributed by atoms with E-state index in [4.69, 9.17) is 0 Å². The van der Waals surface area contributed by atoms with Crippen molar-refractivity contribution in [2.45, 2.75) is 39.7 Å². The Morgan fingerprint density at radius 3 is 2.55 bits per heavy atom. The second kappa shape index (κ2) is 9.40. The Bertz CT molecular complexity index is 1370. The molecule has 0 bridgehead atoms. The summed E-state index contributed by atoms with van der Waals surface area (Å²) in [7, 11) is 1.74. The first-order valence-electron chi connectivity index (χ1n) is 11.1. The number of pyridine rings is 1. The van der Waals surface area contributed by atoms with Crippen LogP contribution in [0.15, 0.2) is 64.0 Å². The Balaban J connectivity index is 1.69. The van der Waals surface area contributed by atoms with Crippen molar-refractivity contribution in [1.82, 2.24) is 14.9 Å². The van der Waals surface area contributed by atoms with Crippen molar-refractivity contribution >= 4 is 32.7 Å². The molecule has 33 heavy (non-hydrogen) atoms. The Hall–Kier alpha value is -3.12. The van der Waals surface area contributed by atoms with Gasteiger partial charge in [-0.2, -0.15) is 0 Å². The minimum absolute atomic E-state index is 0.135. The Morgan fingerprint density at radius 2 is 1.85 bits per heavy atom. The fourth-order valence-electron chi connectivity index (χ4n) is 4.31. The lowest BCUT2D eigenvalue weighted by Crippen LogP contribution is -2.30. The zero-order valence-electron chi connectivity index (χ0n) is 19.3. The molecule has 4 rings (SSSR count). The summed E-state index contributed by atoms with van der Waals surface area (Å²) in [5.74, 6) is 0.199. The van der Waals surface area contributed by atoms with Crippen LogP contribution in [0.2, 0.25) is 0 Å². The van der Waals surface area contributed by atoms with E-state index in [1.54, 1.807) is 11.9 Å². The van der Waals surface area contributed by atoms with Gasteiger partial charge in [-0.15, -0.1) is 0 Å². The SMILES string of the molecule is Cc1cc(Cc2ccccc2)c(CN(C)C(=O)c2cc(Br)cc3c(C(C)C)c[nH]c23)c(=O)[nH]1. The van der Waals surface area contributed by atoms with Gasteiger partial charge in [-0.3, -0.25) is 9.59 Å². The first-order chi connectivity index (χ1) is 15.7. The number of fused-ring (bicyclic) bond motifs is 1. The fourth-order valence-corrected chi connectivity index (χ4v) is 4.77. The molecule has 4 aromatic rings. The molecular formula is C27H28BrN3O2. The first-order valence-corrected chi connectivity index (χ1v) is 11.9. The van der Waals surface area contributed by atoms with Crippen LogP contribution < -0.4 is 5.56 Å². The van der Waals surface area contributed by atoms with Gasteiger partial charge in [0, 0.05) is 34.4 Å². The van der Waals surface area contributed by atoms with Crippen molar-refractivity contribution in [3.63, 3.8) is 0 Å². The smallest absolute Gasteiger partial charge is 0.256 e. The average molecular weight is 506 g/mol. The van der Waals surface area contributed by atoms with Crippen LogP contribution in [0.4, 0.5) is 0 Å². The highest BCUT2D eigenvalue weighted by Crippen LogP contribution is 2.31. The van der Waals surface area contributed by atoms with Gasteiger partial charge in [0.2, 0.25) is 0 Å². The number of aryl methyl sites for hydroxylation is 1. The van der Waals surface area contributed by atoms with E-state index in [-0.39, 0.29) is 18.0 Å². The number of amides is 1. The molecule has 0 atom stereocenters. The lowest BCUT2D eigenvalue weighted by molar-refractivity contribution is 0.0786. The number of hydrogen-bond acceptors (Lipinski definition) is 2. The van der Waals surface area contributed by atoms with Crippen LogP contribution in [0, 0.1) is 6.92 Å². The summed E-state index contributed by atoms with van der Waals surface area (Å²) in [6.07, 6.45) is 2.61. The third kappa shape index (κ3) is 4.81. The molecule has 170 valence electrons. The molecule has 0 radical (unpaired) electrons. The van der Waals surface area contributed by atoms with Crippen molar-refractivity contribution in [2.24, 2.45) is 0 Å². The number of H-pyrrole nitrogens is 2. The molecule has 2 aromatic carbocycles. The third-order valence-corrected chi connectivity index (χ3v) is 6.44. The van der Waals surface area contributed by atoms with Crippen LogP contribution in [0.25, 0.3) is 10.9 Å². The summed E-state index contributed by atoms with van der Waals surface area (Å²) in [6, 6.07) is 15.9. The number of hydrogen-bond donors (Lipinski definition) is 2. The first kappa shape index (κ1) is 23.1. The van der Waals surface area contributed by atoms with Crippen LogP contribution in [-0.2, 0) is 13.0 Å². The van der Waals surface area contributed by atoms with Crippen molar-refractivity contribution in [1.29, 1.82) is 0 Å². The van der Waals surface area contributed by atoms with Crippen molar-refractivity contribution in [3.05, 3.63) is 103 Å². The monoisotopic (exact) mass is 505 g/mol. The molecule has 0 saturated heterocycles. The number of carbonyl (C=O) groups excluding carboxylic acids is 1. The van der Waals surface area contributed by atoms with Crippen molar-refractivity contribution in [2.75, 3.05) is 7.05 Å². The van der Waals surface area contributed by atoms with E-state index in [1.165, 1.54) is 5.56 Å². The number of benzene rings is 2. The molecule has 0 unspecified atom stereocenters. The number of carbonyl (C=O) groups is 1. The number of aromatic nitrogens is 2. The second-order valence-electron chi connectivity index (χ2n) is 8.88. The highest BCUT2D eigenvalue weighted by molar-refractivity contribution is 9.10. The normalized spacial score (nSPS) is 11.3. The van der Waals surface area contributed by atoms with Crippen LogP contribution in [0.1, 0.15) is 58.1 Å². The van der Waals surface area contributed by atoms with Gasteiger partial charge in [0.15, 0.2) is 0 Å². The topological polar surface area (TPSA) is 69.0 Å². The Kier molecular flexibility index (Phi) is 6.56. The predicted molar refractivity (Wildman–Crippen MR) is 137 cm³/mol. The predicted octanol–water partition coefficient (Wildman–Crippen LogP) is 5.91. The second-order valence-corrected chi connectivity index (χ2v) is 9.80. The summed E-state index contributed by atoms with van der Waals surface area (Å²) >= 11 is 3.56. The van der Waals surface area contributed by atoms with Crippen LogP contribution in [-0.4, -0.2) is 27.8 Å². The van der Waals surface area contributed by atoms with Gasteiger partial charge in [-0.05, 0) is 54.2 Å². The molecule has 0 aliphatic carbocycles. The number of halogens is 1. The fraction of sp³-hybridized carbons (Fsp3) is 0.259. The van der Waals surface area contributed by atoms with E-state index in [2.05, 4.69) is 39.7 Å². The Labute approximate surface area is 202 Å². The minimum Gasteiger partial charge on any atom is -0.360 e. The highest BCUT2D eigenvalue weighted by atomic mass is 79.9. The van der Waals surface area contributed by atoms with Gasteiger partial charge >= 0.3 is 0 Å². The van der Waals surface area contributed by atoms with Gasteiger partial charge in [0.25, 0.3) is 11.5 Å². The molecular weight excluding hydrogens is 478 g/mol. The number of nitrogens with zero attached hydrogens (tertiary/aromatic N) is 1. The van der Waals surface area contributed by atoms with Gasteiger partial charge in [-0.1, -0.05) is 60.1 Å². The van der Waals surface area contributed by atoms with E-state index in [1.807, 2.05) is 61.7 Å². The van der Waals surface area contributed by atoms with Crippen molar-refractivity contribution in [3.8, 4) is 0 Å². The minimum atomic E-state index is -0.151. The molecule has 1 amide bonds. The number of aromatic amines is 2. The van der Waals surface area contributed by atoms with Gasteiger partial charge < -0.3 is 14.9 Å². The van der Waals surface area contributed by atoms with E-state index < -0.39 is 0 Å². The quantitative estimate of drug-likeness (QED) is 0.341. The maximum absolute atomic E-state index is 13.5. The van der Waals surface area contributed by atoms with Gasteiger partial charge in [0.1, 0.15) is 0 Å². The van der Waals surface area contributed by atoms with Gasteiger partial charge in [0.05, 0.1) is 17.6 Å². The van der Waals surface area contributed by atoms with Crippen LogP contribution in [0.3, 0.4) is 0 Å². The zero-order valence-corrected chi connectivity index (χ0v) is 20.9. The van der Waals surface area contributed by atoms with Crippen LogP contribution in [0.5, 0.6) is 0 Å². The van der Waals surface area contributed by atoms with E-state index >= 15 is 0 Å². The number of nitrogens with one attached hydrogen (secondary N) is 2. The largest absolute Gasteiger partial charge is 0.360 e. The third-order valence-electron chi connectivity index (χ3n) is 5.98. The zero-order chi connectivity index (χ0) is 23.7. The molecule has 0 spiro atoms. The summed E-state index contributed by atoms with van der Waals surface area (Å²) in [5, 5.41) is 1.04. The maximum Gasteiger partial charge on any atom is 0.256 e. The maximum atomic E-state index is 13.5. The lowest BCUT2D eigenvalue weighted by Gasteiger charge is -2.20. The molecule has 2 heterocycles.